The van der Waals surface area contributed by atoms with E-state index in [0.717, 1.165) is 12.0 Å². The molecule has 9 heteroatoms. The molecule has 0 aromatic carbocycles. The summed E-state index contributed by atoms with van der Waals surface area (Å²) < 4.78 is 22.8. The van der Waals surface area contributed by atoms with Crippen molar-refractivity contribution in [1.82, 2.24) is 0 Å². The summed E-state index contributed by atoms with van der Waals surface area (Å²) in [6.07, 6.45) is 9.40. The van der Waals surface area contributed by atoms with Gasteiger partial charge in [-0.15, -0.1) is 0 Å². The van der Waals surface area contributed by atoms with Gasteiger partial charge in [0.15, 0.2) is 0 Å². The molecule has 2 aliphatic rings. The monoisotopic (exact) mass is 553 g/mol. The number of esters is 1. The van der Waals surface area contributed by atoms with Crippen molar-refractivity contribution in [2.24, 2.45) is 17.7 Å². The topological polar surface area (TPSA) is 133 Å². The minimum Gasteiger partial charge on any atom is -0.457 e. The predicted molar refractivity (Wildman–Crippen MR) is 150 cm³/mol. The number of aliphatic hydroxyl groups excluding tert-OH is 1. The lowest BCUT2D eigenvalue weighted by atomic mass is 9.88. The summed E-state index contributed by atoms with van der Waals surface area (Å²) in [7, 11) is 3.26. The van der Waals surface area contributed by atoms with Crippen LogP contribution in [0.4, 0.5) is 0 Å². The van der Waals surface area contributed by atoms with Gasteiger partial charge in [0.1, 0.15) is 17.8 Å². The molecule has 0 aromatic heterocycles. The van der Waals surface area contributed by atoms with Crippen LogP contribution in [0, 0.1) is 11.8 Å². The molecule has 2 aliphatic heterocycles. The van der Waals surface area contributed by atoms with E-state index < -0.39 is 35.5 Å². The van der Waals surface area contributed by atoms with Crippen LogP contribution in [-0.4, -0.2) is 78.2 Å². The highest BCUT2D eigenvalue weighted by Gasteiger charge is 2.48. The minimum absolute atomic E-state index is 0.0299. The normalized spacial score (nSPS) is 36.8. The molecule has 0 spiro atoms. The quantitative estimate of drug-likeness (QED) is 0.115. The second-order valence-corrected chi connectivity index (χ2v) is 11.6. The summed E-state index contributed by atoms with van der Waals surface area (Å²) in [5.74, 6) is 5.25. The highest BCUT2D eigenvalue weighted by Crippen LogP contribution is 2.39. The fourth-order valence-electron chi connectivity index (χ4n) is 5.42. The summed E-state index contributed by atoms with van der Waals surface area (Å²) in [6.45, 7) is 11.6. The van der Waals surface area contributed by atoms with E-state index in [1.54, 1.807) is 20.1 Å². The van der Waals surface area contributed by atoms with E-state index >= 15 is 0 Å². The fourth-order valence-corrected chi connectivity index (χ4v) is 5.42. The first-order valence-corrected chi connectivity index (χ1v) is 14.0. The molecule has 2 rings (SSSR count). The summed E-state index contributed by atoms with van der Waals surface area (Å²) in [4.78, 5) is 18.0. The molecule has 224 valence electrons. The van der Waals surface area contributed by atoms with Crippen molar-refractivity contribution in [1.29, 1.82) is 0 Å². The number of nitrogens with two attached hydrogens (primary N) is 1. The minimum atomic E-state index is -1.19. The molecule has 0 saturated carbocycles. The third kappa shape index (κ3) is 9.78. The Morgan fingerprint density at radius 2 is 2.05 bits per heavy atom. The van der Waals surface area contributed by atoms with Crippen LogP contribution in [0.1, 0.15) is 73.6 Å². The Morgan fingerprint density at radius 1 is 1.36 bits per heavy atom. The van der Waals surface area contributed by atoms with Crippen LogP contribution >= 0.6 is 0 Å². The van der Waals surface area contributed by atoms with Crippen molar-refractivity contribution in [3.05, 3.63) is 36.0 Å². The number of epoxide rings is 1. The lowest BCUT2D eigenvalue weighted by molar-refractivity contribution is -0.151. The van der Waals surface area contributed by atoms with Gasteiger partial charge in [0, 0.05) is 32.5 Å². The van der Waals surface area contributed by atoms with Gasteiger partial charge in [-0.05, 0) is 45.6 Å². The molecule has 0 radical (unpaired) electrons. The van der Waals surface area contributed by atoms with Crippen molar-refractivity contribution in [3.8, 4) is 0 Å². The molecule has 4 N–H and O–H groups in total. The summed E-state index contributed by atoms with van der Waals surface area (Å²) >= 11 is 0. The van der Waals surface area contributed by atoms with Crippen LogP contribution in [0.25, 0.3) is 0 Å². The third-order valence-corrected chi connectivity index (χ3v) is 8.14. The van der Waals surface area contributed by atoms with Crippen LogP contribution in [0.5, 0.6) is 0 Å². The first-order chi connectivity index (χ1) is 18.3. The van der Waals surface area contributed by atoms with Crippen LogP contribution in [-0.2, 0) is 28.6 Å². The predicted octanol–water partition coefficient (Wildman–Crippen LogP) is 3.77. The van der Waals surface area contributed by atoms with Gasteiger partial charge in [-0.1, -0.05) is 51.2 Å². The molecule has 0 aromatic rings. The Morgan fingerprint density at radius 3 is 2.64 bits per heavy atom. The second kappa shape index (κ2) is 14.9. The maximum absolute atomic E-state index is 12.6. The van der Waals surface area contributed by atoms with Gasteiger partial charge < -0.3 is 29.2 Å². The molecule has 10 atom stereocenters. The third-order valence-electron chi connectivity index (χ3n) is 8.14. The van der Waals surface area contributed by atoms with Crippen LogP contribution in [0.15, 0.2) is 36.0 Å². The van der Waals surface area contributed by atoms with Crippen molar-refractivity contribution in [2.75, 3.05) is 14.2 Å². The molecule has 9 nitrogen and oxygen atoms in total. The molecule has 0 bridgehead atoms. The molecule has 1 saturated heterocycles. The molecular formula is C30H51NO8. The van der Waals surface area contributed by atoms with Crippen LogP contribution < -0.4 is 5.90 Å². The lowest BCUT2D eigenvalue weighted by Crippen LogP contribution is -2.41. The maximum Gasteiger partial charge on any atom is 0.309 e. The molecule has 39 heavy (non-hydrogen) atoms. The van der Waals surface area contributed by atoms with Gasteiger partial charge in [-0.2, -0.15) is 0 Å². The number of aliphatic hydroxyl groups is 2. The first kappa shape index (κ1) is 33.6. The summed E-state index contributed by atoms with van der Waals surface area (Å²) in [5.41, 5.74) is -1.13. The zero-order valence-corrected chi connectivity index (χ0v) is 25.0. The fraction of sp³-hybridized carbons (Fsp3) is 0.767. The van der Waals surface area contributed by atoms with E-state index in [-0.39, 0.29) is 49.4 Å². The second-order valence-electron chi connectivity index (χ2n) is 11.6. The molecule has 10 unspecified atom stereocenters. The van der Waals surface area contributed by atoms with E-state index in [4.69, 9.17) is 29.7 Å². The number of ether oxygens (including phenoxy) is 4. The van der Waals surface area contributed by atoms with Crippen LogP contribution in [0.2, 0.25) is 0 Å². The van der Waals surface area contributed by atoms with E-state index in [9.17, 15) is 15.0 Å². The van der Waals surface area contributed by atoms with Gasteiger partial charge >= 0.3 is 5.97 Å². The Labute approximate surface area is 234 Å². The average molecular weight is 554 g/mol. The highest BCUT2D eigenvalue weighted by molar-refractivity contribution is 5.70. The van der Waals surface area contributed by atoms with E-state index in [1.165, 1.54) is 7.11 Å². The van der Waals surface area contributed by atoms with Gasteiger partial charge in [0.25, 0.3) is 0 Å². The zero-order chi connectivity index (χ0) is 29.4. The lowest BCUT2D eigenvalue weighted by Gasteiger charge is -2.32. The number of carbonyl (C=O) groups excluding carboxylic acids is 1. The Kier molecular flexibility index (Phi) is 12.8. The number of carbonyl (C=O) groups is 1. The average Bonchev–Trinajstić information content (AvgIpc) is 3.64. The molecule has 1 fully saturated rings. The Hall–Kier alpha value is -1.59. The standard InChI is InChI=1S/C30H51NO8/c1-9-23(35-7)21(4)28-24(37-28)18-29(5,39-31)15-10-11-19(2)27-20(3)12-13-25(36-8)30(6,34)16-14-22(32)17-26(33)38-27/h10-13,15,20-25,27-28,32,34H,9,14,16-18,31H2,1-8H3/b13-12+,15-10+,19-11+. The largest absolute Gasteiger partial charge is 0.457 e. The van der Waals surface area contributed by atoms with Crippen LogP contribution in [0.3, 0.4) is 0 Å². The number of hydrogen-bond acceptors (Lipinski definition) is 9. The maximum atomic E-state index is 12.6. The summed E-state index contributed by atoms with van der Waals surface area (Å²) in [5, 5.41) is 21.2. The Bertz CT molecular complexity index is 867. The van der Waals surface area contributed by atoms with Gasteiger partial charge in [-0.3, -0.25) is 9.63 Å². The number of allylic oxidation sites excluding steroid dienone is 2. The SMILES string of the molecule is CCC(OC)C(C)C1OC1CC(C)(/C=C/C=C(\C)C1OC(=O)CC(O)CCC(C)(O)C(OC)/C=C/C1C)ON. The molecule has 2 heterocycles. The van der Waals surface area contributed by atoms with E-state index in [1.807, 2.05) is 45.1 Å². The van der Waals surface area contributed by atoms with E-state index in [0.29, 0.717) is 6.42 Å². The van der Waals surface area contributed by atoms with Gasteiger partial charge in [0.05, 0.1) is 36.4 Å². The number of rotatable bonds is 11. The number of cyclic esters (lactones) is 1. The smallest absolute Gasteiger partial charge is 0.309 e. The van der Waals surface area contributed by atoms with Gasteiger partial charge in [0.2, 0.25) is 0 Å². The van der Waals surface area contributed by atoms with Crippen molar-refractivity contribution >= 4 is 5.97 Å². The molecule has 0 aliphatic carbocycles. The number of hydrogen-bond donors (Lipinski definition) is 3. The highest BCUT2D eigenvalue weighted by atomic mass is 16.6. The Balaban J connectivity index is 2.17. The van der Waals surface area contributed by atoms with Crippen molar-refractivity contribution in [2.45, 2.75) is 121 Å². The summed E-state index contributed by atoms with van der Waals surface area (Å²) in [6, 6.07) is 0. The number of methoxy groups -OCH3 is 2. The molecular weight excluding hydrogens is 502 g/mol. The first-order valence-electron chi connectivity index (χ1n) is 14.0. The van der Waals surface area contributed by atoms with Crippen molar-refractivity contribution < 1.29 is 38.8 Å². The van der Waals surface area contributed by atoms with Crippen molar-refractivity contribution in [3.63, 3.8) is 0 Å². The zero-order valence-electron chi connectivity index (χ0n) is 25.0. The van der Waals surface area contributed by atoms with E-state index in [2.05, 4.69) is 13.8 Å². The molecule has 0 amide bonds. The van der Waals surface area contributed by atoms with Gasteiger partial charge in [-0.25, -0.2) is 5.90 Å².